The molecule has 3 aromatic carbocycles. The summed E-state index contributed by atoms with van der Waals surface area (Å²) in [6.45, 7) is 4.21. The van der Waals surface area contributed by atoms with E-state index in [0.717, 1.165) is 4.90 Å². The summed E-state index contributed by atoms with van der Waals surface area (Å²) >= 11 is 12.2. The Morgan fingerprint density at radius 3 is 2.23 bits per heavy atom. The van der Waals surface area contributed by atoms with E-state index in [9.17, 15) is 32.7 Å². The molecule has 0 fully saturated rings. The van der Waals surface area contributed by atoms with Crippen molar-refractivity contribution in [2.45, 2.75) is 58.2 Å². The van der Waals surface area contributed by atoms with Gasteiger partial charge in [-0.05, 0) is 53.8 Å². The normalized spacial score (nSPS) is 16.5. The van der Waals surface area contributed by atoms with Gasteiger partial charge in [0.2, 0.25) is 11.8 Å². The Morgan fingerprint density at radius 2 is 1.64 bits per heavy atom. The molecule has 0 bridgehead atoms. The molecular formula is C34H34Cl2F3N3O5. The highest BCUT2D eigenvalue weighted by Gasteiger charge is 2.45. The molecule has 0 aromatic heterocycles. The summed E-state index contributed by atoms with van der Waals surface area (Å²) in [5.41, 5.74) is 1.72. The highest BCUT2D eigenvalue weighted by Crippen LogP contribution is 2.32. The molecular weight excluding hydrogens is 658 g/mol. The van der Waals surface area contributed by atoms with Crippen LogP contribution < -0.4 is 10.1 Å². The van der Waals surface area contributed by atoms with Crippen molar-refractivity contribution in [1.29, 1.82) is 0 Å². The van der Waals surface area contributed by atoms with E-state index in [1.807, 2.05) is 0 Å². The maximum absolute atomic E-state index is 14.0. The average molecular weight is 693 g/mol. The Labute approximate surface area is 280 Å². The number of benzene rings is 3. The zero-order chi connectivity index (χ0) is 34.5. The molecule has 13 heteroatoms. The van der Waals surface area contributed by atoms with Gasteiger partial charge in [-0.3, -0.25) is 19.3 Å². The van der Waals surface area contributed by atoms with Gasteiger partial charge < -0.3 is 20.1 Å². The second kappa shape index (κ2) is 15.2. The quantitative estimate of drug-likeness (QED) is 0.248. The van der Waals surface area contributed by atoms with E-state index in [1.165, 1.54) is 18.0 Å². The second-order valence-corrected chi connectivity index (χ2v) is 12.4. The molecule has 0 saturated carbocycles. The molecule has 4 rings (SSSR count). The van der Waals surface area contributed by atoms with Crippen molar-refractivity contribution < 1.29 is 37.4 Å². The average Bonchev–Trinajstić information content (AvgIpc) is 2.99. The third-order valence-corrected chi connectivity index (χ3v) is 7.92. The Kier molecular flexibility index (Phi) is 11.6. The second-order valence-electron chi connectivity index (χ2n) is 11.5. The molecule has 8 nitrogen and oxygen atoms in total. The van der Waals surface area contributed by atoms with Crippen molar-refractivity contribution in [3.05, 3.63) is 106 Å². The molecule has 1 aliphatic rings. The molecule has 0 aliphatic carbocycles. The molecule has 0 saturated heterocycles. The topological polar surface area (TPSA) is 99.2 Å². The number of nitrogens with zero attached hydrogens (tertiary/aromatic N) is 2. The van der Waals surface area contributed by atoms with E-state index in [1.54, 1.807) is 86.6 Å². The number of hydrogen-bond donors (Lipinski definition) is 2. The summed E-state index contributed by atoms with van der Waals surface area (Å²) in [6.07, 6.45) is -6.74. The Hall–Kier alpha value is -4.06. The van der Waals surface area contributed by atoms with Crippen LogP contribution in [0.2, 0.25) is 10.0 Å². The summed E-state index contributed by atoms with van der Waals surface area (Å²) < 4.78 is 46.8. The van der Waals surface area contributed by atoms with Gasteiger partial charge in [0.1, 0.15) is 24.9 Å². The number of hydrogen-bond acceptors (Lipinski definition) is 5. The number of rotatable bonds is 11. The van der Waals surface area contributed by atoms with Crippen molar-refractivity contribution in [3.8, 4) is 5.75 Å². The van der Waals surface area contributed by atoms with E-state index >= 15 is 0 Å². The van der Waals surface area contributed by atoms with Crippen LogP contribution in [0.15, 0.2) is 79.0 Å². The number of ether oxygens (including phenoxy) is 1. The minimum atomic E-state index is -5.01. The number of nitrogens with one attached hydrogen (secondary N) is 1. The predicted molar refractivity (Wildman–Crippen MR) is 172 cm³/mol. The van der Waals surface area contributed by atoms with Crippen LogP contribution in [0.3, 0.4) is 0 Å². The van der Waals surface area contributed by atoms with Crippen molar-refractivity contribution >= 4 is 46.6 Å². The fourth-order valence-electron chi connectivity index (χ4n) is 5.31. The van der Waals surface area contributed by atoms with E-state index in [0.29, 0.717) is 32.5 Å². The van der Waals surface area contributed by atoms with E-state index in [4.69, 9.17) is 27.9 Å². The van der Waals surface area contributed by atoms with E-state index in [2.05, 4.69) is 5.32 Å². The first-order valence-electron chi connectivity index (χ1n) is 14.7. The zero-order valence-electron chi connectivity index (χ0n) is 25.8. The molecule has 47 heavy (non-hydrogen) atoms. The van der Waals surface area contributed by atoms with Gasteiger partial charge in [0.25, 0.3) is 5.91 Å². The third kappa shape index (κ3) is 9.27. The van der Waals surface area contributed by atoms with Gasteiger partial charge in [0.05, 0.1) is 11.7 Å². The van der Waals surface area contributed by atoms with Crippen LogP contribution in [0.1, 0.15) is 37.5 Å². The minimum absolute atomic E-state index is 0.104. The first-order chi connectivity index (χ1) is 22.1. The molecule has 0 spiro atoms. The maximum Gasteiger partial charge on any atom is 0.416 e. The minimum Gasteiger partial charge on any atom is -0.489 e. The van der Waals surface area contributed by atoms with Crippen molar-refractivity contribution in [2.75, 3.05) is 6.54 Å². The third-order valence-electron chi connectivity index (χ3n) is 7.49. The number of aliphatic hydroxyl groups excluding tert-OH is 1. The molecule has 2 N–H and O–H groups in total. The molecule has 1 aliphatic heterocycles. The monoisotopic (exact) mass is 691 g/mol. The van der Waals surface area contributed by atoms with Gasteiger partial charge in [-0.15, -0.1) is 0 Å². The lowest BCUT2D eigenvalue weighted by Gasteiger charge is -2.41. The van der Waals surface area contributed by atoms with Crippen molar-refractivity contribution in [3.63, 3.8) is 0 Å². The van der Waals surface area contributed by atoms with Crippen LogP contribution in [0, 0.1) is 5.92 Å². The molecule has 2 unspecified atom stereocenters. The number of aliphatic hydroxyl groups is 1. The largest absolute Gasteiger partial charge is 0.489 e. The van der Waals surface area contributed by atoms with Crippen LogP contribution in [-0.4, -0.2) is 63.5 Å². The molecule has 0 radical (unpaired) electrons. The van der Waals surface area contributed by atoms with Gasteiger partial charge >= 0.3 is 6.18 Å². The number of amides is 3. The molecule has 3 aromatic rings. The summed E-state index contributed by atoms with van der Waals surface area (Å²) in [6, 6.07) is 17.0. The Morgan fingerprint density at radius 1 is 0.979 bits per heavy atom. The van der Waals surface area contributed by atoms with Gasteiger partial charge in [0, 0.05) is 28.7 Å². The summed E-state index contributed by atoms with van der Waals surface area (Å²) in [4.78, 5) is 42.5. The summed E-state index contributed by atoms with van der Waals surface area (Å²) in [5.74, 6) is -1.93. The molecule has 1 heterocycles. The van der Waals surface area contributed by atoms with Gasteiger partial charge in [-0.25, -0.2) is 0 Å². The molecule has 3 amide bonds. The highest BCUT2D eigenvalue weighted by molar-refractivity contribution is 6.34. The number of alkyl halides is 3. The Bertz CT molecular complexity index is 1610. The van der Waals surface area contributed by atoms with Crippen LogP contribution in [0.4, 0.5) is 13.2 Å². The standard InChI is InChI=1S/C34H34Cl2F3N3O5/c1-20(2)31-33(46)42(18-30(44)40-28(32(45)34(37,38)39)14-22-8-5-4-6-9-22)29(17-41(31)21(3)43)24-10-7-11-27(15-24)47-19-23-12-25(35)16-26(36)13-23/h4-13,15-17,20,28,31-32,45H,14,18-19H2,1-3H3,(H,40,44)/t28?,31-,32?/m1/s1. The van der Waals surface area contributed by atoms with Crippen molar-refractivity contribution in [1.82, 2.24) is 15.1 Å². The number of carbonyl (C=O) groups excluding carboxylic acids is 3. The predicted octanol–water partition coefficient (Wildman–Crippen LogP) is 6.24. The highest BCUT2D eigenvalue weighted by atomic mass is 35.5. The van der Waals surface area contributed by atoms with Gasteiger partial charge in [-0.2, -0.15) is 13.2 Å². The smallest absolute Gasteiger partial charge is 0.416 e. The lowest BCUT2D eigenvalue weighted by atomic mass is 9.96. The van der Waals surface area contributed by atoms with Crippen LogP contribution in [0.5, 0.6) is 5.75 Å². The summed E-state index contributed by atoms with van der Waals surface area (Å²) in [5, 5.41) is 13.3. The molecule has 250 valence electrons. The Balaban J connectivity index is 1.65. The lowest BCUT2D eigenvalue weighted by molar-refractivity contribution is -0.212. The number of carbonyl (C=O) groups is 3. The van der Waals surface area contributed by atoms with Crippen LogP contribution >= 0.6 is 23.2 Å². The van der Waals surface area contributed by atoms with Crippen molar-refractivity contribution in [2.24, 2.45) is 5.92 Å². The van der Waals surface area contributed by atoms with Crippen LogP contribution in [0.25, 0.3) is 5.70 Å². The van der Waals surface area contributed by atoms with Crippen LogP contribution in [-0.2, 0) is 27.4 Å². The first kappa shape index (κ1) is 35.8. The molecule has 3 atom stereocenters. The zero-order valence-corrected chi connectivity index (χ0v) is 27.3. The van der Waals surface area contributed by atoms with E-state index < -0.39 is 48.6 Å². The fourth-order valence-corrected chi connectivity index (χ4v) is 5.88. The fraction of sp³-hybridized carbons (Fsp3) is 0.324. The maximum atomic E-state index is 14.0. The summed E-state index contributed by atoms with van der Waals surface area (Å²) in [7, 11) is 0. The van der Waals surface area contributed by atoms with Gasteiger partial charge in [0.15, 0.2) is 6.10 Å². The first-order valence-corrected chi connectivity index (χ1v) is 15.5. The SMILES string of the molecule is CC(=O)N1C=C(c2cccc(OCc3cc(Cl)cc(Cl)c3)c2)N(CC(=O)NC(Cc2ccccc2)C(O)C(F)(F)F)C(=O)[C@H]1C(C)C. The number of halogens is 5. The van der Waals surface area contributed by atoms with Gasteiger partial charge in [-0.1, -0.05) is 79.5 Å². The van der Waals surface area contributed by atoms with E-state index in [-0.39, 0.29) is 24.6 Å². The lowest BCUT2D eigenvalue weighted by Crippen LogP contribution is -2.57.